The van der Waals surface area contributed by atoms with Crippen LogP contribution < -0.4 is 0 Å². The average molecular weight is 349 g/mol. The Kier molecular flexibility index (Phi) is 5.04. The minimum atomic E-state index is -0.264. The van der Waals surface area contributed by atoms with Gasteiger partial charge in [-0.2, -0.15) is 0 Å². The van der Waals surface area contributed by atoms with Crippen molar-refractivity contribution in [2.75, 3.05) is 0 Å². The molecular weight excluding hydrogens is 328 g/mol. The van der Waals surface area contributed by atoms with Gasteiger partial charge >= 0.3 is 5.97 Å². The minimum Gasteiger partial charge on any atom is -0.458 e. The molecule has 0 fully saturated rings. The molecule has 2 nitrogen and oxygen atoms in total. The third-order valence-corrected chi connectivity index (χ3v) is 4.49. The number of hydrogen-bond donors (Lipinski definition) is 0. The Morgan fingerprint density at radius 1 is 1.00 bits per heavy atom. The summed E-state index contributed by atoms with van der Waals surface area (Å²) in [4.78, 5) is 12.5. The molecule has 3 heteroatoms. The molecule has 0 aliphatic heterocycles. The lowest BCUT2D eigenvalue weighted by atomic mass is 9.96. The van der Waals surface area contributed by atoms with E-state index >= 15 is 0 Å². The zero-order valence-corrected chi connectivity index (χ0v) is 14.5. The monoisotopic (exact) mass is 348 g/mol. The number of hydrogen-bond acceptors (Lipinski definition) is 2. The van der Waals surface area contributed by atoms with E-state index in [2.05, 4.69) is 43.6 Å². The Hall–Kier alpha value is -1.35. The summed E-state index contributed by atoms with van der Waals surface area (Å²) in [6, 6.07) is 11.8. The summed E-state index contributed by atoms with van der Waals surface area (Å²) in [5.41, 5.74) is 0.583. The second kappa shape index (κ2) is 6.61. The molecular formula is C18H21BrO2. The van der Waals surface area contributed by atoms with E-state index in [4.69, 9.17) is 4.74 Å². The lowest BCUT2D eigenvalue weighted by molar-refractivity contribution is 0.00316. The van der Waals surface area contributed by atoms with Gasteiger partial charge in [0.15, 0.2) is 0 Å². The van der Waals surface area contributed by atoms with Gasteiger partial charge in [-0.3, -0.25) is 0 Å². The van der Waals surface area contributed by atoms with Gasteiger partial charge in [0.2, 0.25) is 0 Å². The number of esters is 1. The second-order valence-electron chi connectivity index (χ2n) is 6.01. The predicted molar refractivity (Wildman–Crippen MR) is 90.5 cm³/mol. The normalized spacial score (nSPS) is 11.6. The number of carbonyl (C=O) groups excluding carboxylic acids is 1. The van der Waals surface area contributed by atoms with Crippen LogP contribution in [0.3, 0.4) is 0 Å². The summed E-state index contributed by atoms with van der Waals surface area (Å²) < 4.78 is 6.52. The van der Waals surface area contributed by atoms with Gasteiger partial charge < -0.3 is 4.74 Å². The fraction of sp³-hybridized carbons (Fsp3) is 0.389. The first-order valence-corrected chi connectivity index (χ1v) is 8.09. The van der Waals surface area contributed by atoms with Crippen LogP contribution in [0.2, 0.25) is 0 Å². The Morgan fingerprint density at radius 2 is 1.62 bits per heavy atom. The molecule has 0 N–H and O–H groups in total. The SMILES string of the molecule is CC(C)C(OC(=O)c1ccc2ccccc2c1Br)C(C)C. The molecule has 0 spiro atoms. The molecule has 0 bridgehead atoms. The molecule has 0 saturated carbocycles. The summed E-state index contributed by atoms with van der Waals surface area (Å²) in [5.74, 6) is 0.335. The third kappa shape index (κ3) is 3.46. The van der Waals surface area contributed by atoms with Gasteiger partial charge in [0.25, 0.3) is 0 Å². The first-order valence-electron chi connectivity index (χ1n) is 7.30. The van der Waals surface area contributed by atoms with Crippen LogP contribution in [0.5, 0.6) is 0 Å². The van der Waals surface area contributed by atoms with Crippen molar-refractivity contribution in [2.24, 2.45) is 11.8 Å². The highest BCUT2D eigenvalue weighted by Crippen LogP contribution is 2.29. The number of halogens is 1. The highest BCUT2D eigenvalue weighted by molar-refractivity contribution is 9.10. The van der Waals surface area contributed by atoms with E-state index in [1.54, 1.807) is 0 Å². The largest absolute Gasteiger partial charge is 0.458 e. The van der Waals surface area contributed by atoms with Crippen LogP contribution in [0.15, 0.2) is 40.9 Å². The number of ether oxygens (including phenoxy) is 1. The standard InChI is InChI=1S/C18H21BrO2/c1-11(2)17(12(3)4)21-18(20)15-10-9-13-7-5-6-8-14(13)16(15)19/h5-12,17H,1-4H3. The Balaban J connectivity index is 2.33. The van der Waals surface area contributed by atoms with Crippen LogP contribution in [0.25, 0.3) is 10.8 Å². The first kappa shape index (κ1) is 16.0. The topological polar surface area (TPSA) is 26.3 Å². The molecule has 21 heavy (non-hydrogen) atoms. The number of fused-ring (bicyclic) bond motifs is 1. The maximum atomic E-state index is 12.5. The smallest absolute Gasteiger partial charge is 0.339 e. The van der Waals surface area contributed by atoms with Gasteiger partial charge in [-0.1, -0.05) is 58.0 Å². The van der Waals surface area contributed by atoms with E-state index in [1.807, 2.05) is 36.4 Å². The summed E-state index contributed by atoms with van der Waals surface area (Å²) in [6.07, 6.45) is -0.0733. The van der Waals surface area contributed by atoms with E-state index in [-0.39, 0.29) is 12.1 Å². The predicted octanol–water partition coefficient (Wildman–Crippen LogP) is 5.44. The number of carbonyl (C=O) groups is 1. The van der Waals surface area contributed by atoms with Crippen molar-refractivity contribution in [1.29, 1.82) is 0 Å². The molecule has 0 aromatic heterocycles. The molecule has 112 valence electrons. The lowest BCUT2D eigenvalue weighted by Gasteiger charge is -2.25. The van der Waals surface area contributed by atoms with E-state index < -0.39 is 0 Å². The van der Waals surface area contributed by atoms with Gasteiger partial charge in [0.1, 0.15) is 6.10 Å². The van der Waals surface area contributed by atoms with Crippen LogP contribution >= 0.6 is 15.9 Å². The summed E-state index contributed by atoms with van der Waals surface area (Å²) in [5, 5.41) is 2.13. The quantitative estimate of drug-likeness (QED) is 0.687. The molecule has 0 amide bonds. The van der Waals surface area contributed by atoms with Crippen LogP contribution in [0.1, 0.15) is 38.1 Å². The fourth-order valence-electron chi connectivity index (χ4n) is 2.62. The van der Waals surface area contributed by atoms with Crippen molar-refractivity contribution in [2.45, 2.75) is 33.8 Å². The van der Waals surface area contributed by atoms with Crippen molar-refractivity contribution in [3.63, 3.8) is 0 Å². The van der Waals surface area contributed by atoms with Gasteiger partial charge in [-0.25, -0.2) is 4.79 Å². The van der Waals surface area contributed by atoms with Crippen molar-refractivity contribution in [3.8, 4) is 0 Å². The Labute approximate surface area is 134 Å². The van der Waals surface area contributed by atoms with Gasteiger partial charge in [-0.15, -0.1) is 0 Å². The van der Waals surface area contributed by atoms with Crippen LogP contribution in [-0.4, -0.2) is 12.1 Å². The van der Waals surface area contributed by atoms with Crippen LogP contribution in [-0.2, 0) is 4.74 Å². The highest BCUT2D eigenvalue weighted by atomic mass is 79.9. The zero-order chi connectivity index (χ0) is 15.6. The number of benzene rings is 2. The molecule has 0 saturated heterocycles. The van der Waals surface area contributed by atoms with Crippen LogP contribution in [0.4, 0.5) is 0 Å². The lowest BCUT2D eigenvalue weighted by Crippen LogP contribution is -2.29. The molecule has 0 aliphatic carbocycles. The van der Waals surface area contributed by atoms with E-state index in [0.29, 0.717) is 17.4 Å². The first-order chi connectivity index (χ1) is 9.91. The molecule has 0 unspecified atom stereocenters. The molecule has 2 aromatic rings. The van der Waals surface area contributed by atoms with Gasteiger partial charge in [-0.05, 0) is 44.6 Å². The van der Waals surface area contributed by atoms with Gasteiger partial charge in [0.05, 0.1) is 5.56 Å². The van der Waals surface area contributed by atoms with Gasteiger partial charge in [0, 0.05) is 4.47 Å². The summed E-state index contributed by atoms with van der Waals surface area (Å²) in [7, 11) is 0. The fourth-order valence-corrected chi connectivity index (χ4v) is 3.28. The zero-order valence-electron chi connectivity index (χ0n) is 12.9. The average Bonchev–Trinajstić information content (AvgIpc) is 2.44. The second-order valence-corrected chi connectivity index (χ2v) is 6.80. The van der Waals surface area contributed by atoms with E-state index in [0.717, 1.165) is 15.2 Å². The van der Waals surface area contributed by atoms with Crippen molar-refractivity contribution >= 4 is 32.7 Å². The molecule has 0 heterocycles. The van der Waals surface area contributed by atoms with E-state index in [9.17, 15) is 4.79 Å². The van der Waals surface area contributed by atoms with Crippen molar-refractivity contribution in [3.05, 3.63) is 46.4 Å². The molecule has 0 radical (unpaired) electrons. The Morgan fingerprint density at radius 3 is 2.24 bits per heavy atom. The van der Waals surface area contributed by atoms with Crippen molar-refractivity contribution in [1.82, 2.24) is 0 Å². The molecule has 0 aliphatic rings. The highest BCUT2D eigenvalue weighted by Gasteiger charge is 2.24. The Bertz CT molecular complexity index is 639. The van der Waals surface area contributed by atoms with Crippen molar-refractivity contribution < 1.29 is 9.53 Å². The molecule has 2 aromatic carbocycles. The van der Waals surface area contributed by atoms with E-state index in [1.165, 1.54) is 0 Å². The minimum absolute atomic E-state index is 0.0733. The third-order valence-electron chi connectivity index (χ3n) is 3.64. The summed E-state index contributed by atoms with van der Waals surface area (Å²) in [6.45, 7) is 8.31. The van der Waals surface area contributed by atoms with Crippen LogP contribution in [0, 0.1) is 11.8 Å². The summed E-state index contributed by atoms with van der Waals surface area (Å²) >= 11 is 3.55. The maximum absolute atomic E-state index is 12.5. The maximum Gasteiger partial charge on any atom is 0.339 e. The number of rotatable bonds is 4. The molecule has 2 rings (SSSR count). The molecule has 0 atom stereocenters.